The number of hydrogen-bond acceptors (Lipinski definition) is 5. The topological polar surface area (TPSA) is 69.0 Å². The molecule has 1 heterocycles. The van der Waals surface area contributed by atoms with Crippen LogP contribution < -0.4 is 10.1 Å². The number of ether oxygens (including phenoxy) is 1. The minimum absolute atomic E-state index is 0.129. The monoisotopic (exact) mass is 386 g/mol. The van der Waals surface area contributed by atoms with Crippen molar-refractivity contribution in [3.05, 3.63) is 30.1 Å². The van der Waals surface area contributed by atoms with E-state index in [9.17, 15) is 18.0 Å². The van der Waals surface area contributed by atoms with E-state index >= 15 is 0 Å². The van der Waals surface area contributed by atoms with Gasteiger partial charge in [0, 0.05) is 18.2 Å². The van der Waals surface area contributed by atoms with Gasteiger partial charge in [0.15, 0.2) is 5.16 Å². The van der Waals surface area contributed by atoms with E-state index in [1.807, 2.05) is 11.5 Å². The first-order valence-electron chi connectivity index (χ1n) is 8.07. The number of carbonyl (C=O) groups is 1. The average molecular weight is 386 g/mol. The normalized spacial score (nSPS) is 14.3. The number of hydrogen-bond donors (Lipinski definition) is 1. The minimum Gasteiger partial charge on any atom is -0.406 e. The van der Waals surface area contributed by atoms with Crippen LogP contribution in [-0.4, -0.2) is 32.8 Å². The van der Waals surface area contributed by atoms with Gasteiger partial charge in [-0.2, -0.15) is 0 Å². The average Bonchev–Trinajstić information content (AvgIpc) is 3.33. The SMILES string of the molecule is CCn1c(SCC(=O)Nc2ccc(OC(F)(F)F)cc2)nnc1C1CC1. The minimum atomic E-state index is -4.74. The van der Waals surface area contributed by atoms with Crippen molar-refractivity contribution < 1.29 is 22.7 Å². The second kappa shape index (κ2) is 7.56. The van der Waals surface area contributed by atoms with Gasteiger partial charge in [-0.25, -0.2) is 0 Å². The molecule has 6 nitrogen and oxygen atoms in total. The summed E-state index contributed by atoms with van der Waals surface area (Å²) in [6.07, 6.45) is -2.50. The fourth-order valence-electron chi connectivity index (χ4n) is 2.41. The molecule has 1 aromatic heterocycles. The maximum atomic E-state index is 12.1. The van der Waals surface area contributed by atoms with E-state index in [2.05, 4.69) is 20.3 Å². The summed E-state index contributed by atoms with van der Waals surface area (Å²) in [5.41, 5.74) is 0.390. The van der Waals surface area contributed by atoms with Crippen LogP contribution in [0.4, 0.5) is 18.9 Å². The summed E-state index contributed by atoms with van der Waals surface area (Å²) in [4.78, 5) is 12.1. The molecule has 0 spiro atoms. The molecule has 2 aromatic rings. The first-order valence-corrected chi connectivity index (χ1v) is 9.06. The molecule has 10 heteroatoms. The predicted molar refractivity (Wildman–Crippen MR) is 90.1 cm³/mol. The van der Waals surface area contributed by atoms with E-state index < -0.39 is 6.36 Å². The van der Waals surface area contributed by atoms with Gasteiger partial charge in [-0.3, -0.25) is 4.79 Å². The van der Waals surface area contributed by atoms with Crippen LogP contribution in [0.3, 0.4) is 0 Å². The fourth-order valence-corrected chi connectivity index (χ4v) is 3.22. The Balaban J connectivity index is 1.53. The predicted octanol–water partition coefficient (Wildman–Crippen LogP) is 3.80. The molecule has 0 aliphatic heterocycles. The van der Waals surface area contributed by atoms with E-state index in [0.717, 1.165) is 37.3 Å². The summed E-state index contributed by atoms with van der Waals surface area (Å²) in [7, 11) is 0. The Kier molecular flexibility index (Phi) is 5.40. The first-order chi connectivity index (χ1) is 12.4. The van der Waals surface area contributed by atoms with Crippen LogP contribution in [0, 0.1) is 0 Å². The lowest BCUT2D eigenvalue weighted by Gasteiger charge is -2.10. The highest BCUT2D eigenvalue weighted by molar-refractivity contribution is 7.99. The Morgan fingerprint density at radius 1 is 1.31 bits per heavy atom. The number of nitrogens with one attached hydrogen (secondary N) is 1. The number of aromatic nitrogens is 3. The fraction of sp³-hybridized carbons (Fsp3) is 0.438. The molecule has 0 bridgehead atoms. The quantitative estimate of drug-likeness (QED) is 0.733. The van der Waals surface area contributed by atoms with Crippen LogP contribution in [0.15, 0.2) is 29.4 Å². The number of benzene rings is 1. The van der Waals surface area contributed by atoms with Crippen LogP contribution >= 0.6 is 11.8 Å². The van der Waals surface area contributed by atoms with Crippen LogP contribution in [-0.2, 0) is 11.3 Å². The van der Waals surface area contributed by atoms with E-state index in [1.54, 1.807) is 0 Å². The number of rotatable bonds is 7. The second-order valence-electron chi connectivity index (χ2n) is 5.77. The number of amides is 1. The Hall–Kier alpha value is -2.23. The molecular formula is C16H17F3N4O2S. The third-order valence-corrected chi connectivity index (χ3v) is 4.67. The zero-order valence-electron chi connectivity index (χ0n) is 13.9. The largest absolute Gasteiger partial charge is 0.573 e. The molecular weight excluding hydrogens is 369 g/mol. The zero-order valence-corrected chi connectivity index (χ0v) is 14.7. The van der Waals surface area contributed by atoms with Gasteiger partial charge in [0.1, 0.15) is 11.6 Å². The van der Waals surface area contributed by atoms with Crippen molar-refractivity contribution in [1.29, 1.82) is 0 Å². The van der Waals surface area contributed by atoms with Crippen molar-refractivity contribution >= 4 is 23.4 Å². The van der Waals surface area contributed by atoms with Crippen molar-refractivity contribution in [3.63, 3.8) is 0 Å². The van der Waals surface area contributed by atoms with Gasteiger partial charge in [-0.05, 0) is 44.0 Å². The Morgan fingerprint density at radius 3 is 2.58 bits per heavy atom. The molecule has 0 saturated heterocycles. The maximum absolute atomic E-state index is 12.1. The van der Waals surface area contributed by atoms with Gasteiger partial charge >= 0.3 is 6.36 Å². The smallest absolute Gasteiger partial charge is 0.406 e. The zero-order chi connectivity index (χ0) is 18.7. The van der Waals surface area contributed by atoms with E-state index in [1.165, 1.54) is 23.9 Å². The van der Waals surface area contributed by atoms with Crippen molar-refractivity contribution in [2.24, 2.45) is 0 Å². The molecule has 1 aromatic carbocycles. The number of alkyl halides is 3. The molecule has 1 aliphatic carbocycles. The van der Waals surface area contributed by atoms with Gasteiger partial charge in [0.25, 0.3) is 0 Å². The van der Waals surface area contributed by atoms with E-state index in [-0.39, 0.29) is 17.4 Å². The Bertz CT molecular complexity index is 773. The molecule has 26 heavy (non-hydrogen) atoms. The molecule has 0 atom stereocenters. The van der Waals surface area contributed by atoms with Crippen LogP contribution in [0.2, 0.25) is 0 Å². The van der Waals surface area contributed by atoms with E-state index in [0.29, 0.717) is 16.8 Å². The molecule has 1 amide bonds. The first kappa shape index (κ1) is 18.6. The summed E-state index contributed by atoms with van der Waals surface area (Å²) in [5.74, 6) is 0.953. The standard InChI is InChI=1S/C16H17F3N4O2S/c1-2-23-14(10-3-4-10)21-22-15(23)26-9-13(24)20-11-5-7-12(8-6-11)25-16(17,18)19/h5-8,10H,2-4,9H2,1H3,(H,20,24). The molecule has 1 fully saturated rings. The molecule has 0 unspecified atom stereocenters. The van der Waals surface area contributed by atoms with Crippen molar-refractivity contribution in [1.82, 2.24) is 14.8 Å². The second-order valence-corrected chi connectivity index (χ2v) is 6.71. The summed E-state index contributed by atoms with van der Waals surface area (Å²) in [6.45, 7) is 2.74. The molecule has 3 rings (SSSR count). The lowest BCUT2D eigenvalue weighted by Crippen LogP contribution is -2.17. The summed E-state index contributed by atoms with van der Waals surface area (Å²) in [5, 5.41) is 11.7. The van der Waals surface area contributed by atoms with Crippen molar-refractivity contribution in [2.75, 3.05) is 11.1 Å². The Labute approximate surface area is 152 Å². The number of carbonyl (C=O) groups excluding carboxylic acids is 1. The molecule has 1 saturated carbocycles. The van der Waals surface area contributed by atoms with Crippen molar-refractivity contribution in [3.8, 4) is 5.75 Å². The van der Waals surface area contributed by atoms with Crippen LogP contribution in [0.1, 0.15) is 31.5 Å². The third kappa shape index (κ3) is 4.90. The van der Waals surface area contributed by atoms with Crippen LogP contribution in [0.5, 0.6) is 5.75 Å². The summed E-state index contributed by atoms with van der Waals surface area (Å²) >= 11 is 1.28. The highest BCUT2D eigenvalue weighted by Crippen LogP contribution is 2.40. The van der Waals surface area contributed by atoms with Gasteiger partial charge in [0.2, 0.25) is 5.91 Å². The number of thioether (sulfide) groups is 1. The molecule has 140 valence electrons. The summed E-state index contributed by atoms with van der Waals surface area (Å²) in [6, 6.07) is 4.99. The lowest BCUT2D eigenvalue weighted by atomic mass is 10.3. The number of nitrogens with zero attached hydrogens (tertiary/aromatic N) is 3. The lowest BCUT2D eigenvalue weighted by molar-refractivity contribution is -0.274. The van der Waals surface area contributed by atoms with Gasteiger partial charge < -0.3 is 14.6 Å². The van der Waals surface area contributed by atoms with Crippen LogP contribution in [0.25, 0.3) is 0 Å². The Morgan fingerprint density at radius 2 is 2.00 bits per heavy atom. The van der Waals surface area contributed by atoms with Crippen molar-refractivity contribution in [2.45, 2.75) is 43.7 Å². The number of halogens is 3. The number of anilines is 1. The highest BCUT2D eigenvalue weighted by Gasteiger charge is 2.31. The van der Waals surface area contributed by atoms with Gasteiger partial charge in [-0.15, -0.1) is 23.4 Å². The highest BCUT2D eigenvalue weighted by atomic mass is 32.2. The third-order valence-electron chi connectivity index (χ3n) is 3.71. The van der Waals surface area contributed by atoms with Gasteiger partial charge in [-0.1, -0.05) is 11.8 Å². The molecule has 1 aliphatic rings. The van der Waals surface area contributed by atoms with E-state index in [4.69, 9.17) is 0 Å². The summed E-state index contributed by atoms with van der Waals surface area (Å²) < 4.78 is 42.2. The van der Waals surface area contributed by atoms with Gasteiger partial charge in [0.05, 0.1) is 5.75 Å². The maximum Gasteiger partial charge on any atom is 0.573 e. The molecule has 1 N–H and O–H groups in total. The molecule has 0 radical (unpaired) electrons.